The highest BCUT2D eigenvalue weighted by Gasteiger charge is 2.21. The largest absolute Gasteiger partial charge is 0.480 e. The zero-order valence-electron chi connectivity index (χ0n) is 10.2. The summed E-state index contributed by atoms with van der Waals surface area (Å²) in [5.41, 5.74) is 5.64. The van der Waals surface area contributed by atoms with E-state index in [1.807, 2.05) is 0 Å². The van der Waals surface area contributed by atoms with Crippen molar-refractivity contribution in [3.8, 4) is 0 Å². The van der Waals surface area contributed by atoms with Gasteiger partial charge in [0.2, 0.25) is 11.8 Å². The van der Waals surface area contributed by atoms with Crippen molar-refractivity contribution in [2.24, 2.45) is 5.73 Å². The lowest BCUT2D eigenvalue weighted by Gasteiger charge is -2.12. The Morgan fingerprint density at radius 1 is 1.37 bits per heavy atom. The summed E-state index contributed by atoms with van der Waals surface area (Å²) in [6.45, 7) is 0. The van der Waals surface area contributed by atoms with Gasteiger partial charge in [-0.15, -0.1) is 0 Å². The number of aliphatic carboxylic acids is 1. The second kappa shape index (κ2) is 7.10. The third kappa shape index (κ3) is 5.62. The topological polar surface area (TPSA) is 122 Å². The number of hydrogen-bond acceptors (Lipinski definition) is 4. The molecule has 0 fully saturated rings. The Labute approximate surface area is 109 Å². The van der Waals surface area contributed by atoms with Crippen LogP contribution in [-0.4, -0.2) is 33.9 Å². The Hall–Kier alpha value is -2.44. The van der Waals surface area contributed by atoms with E-state index in [9.17, 15) is 14.4 Å². The molecule has 0 saturated carbocycles. The van der Waals surface area contributed by atoms with Crippen molar-refractivity contribution in [2.45, 2.75) is 25.3 Å². The first-order chi connectivity index (χ1) is 8.99. The van der Waals surface area contributed by atoms with Gasteiger partial charge in [0.1, 0.15) is 6.04 Å². The summed E-state index contributed by atoms with van der Waals surface area (Å²) in [6.07, 6.45) is 1.68. The van der Waals surface area contributed by atoms with E-state index in [0.29, 0.717) is 6.42 Å². The van der Waals surface area contributed by atoms with Crippen molar-refractivity contribution < 1.29 is 19.5 Å². The highest BCUT2D eigenvalue weighted by Crippen LogP contribution is 1.99. The van der Waals surface area contributed by atoms with Crippen LogP contribution in [0.4, 0.5) is 0 Å². The van der Waals surface area contributed by atoms with Crippen LogP contribution in [0, 0.1) is 0 Å². The summed E-state index contributed by atoms with van der Waals surface area (Å²) in [5.74, 6) is -2.53. The molecule has 0 aliphatic rings. The number of primary amides is 1. The number of aromatic nitrogens is 1. The summed E-state index contributed by atoms with van der Waals surface area (Å²) < 4.78 is 0. The lowest BCUT2D eigenvalue weighted by molar-refractivity contribution is -0.143. The maximum atomic E-state index is 11.6. The van der Waals surface area contributed by atoms with E-state index in [1.165, 1.54) is 0 Å². The van der Waals surface area contributed by atoms with Gasteiger partial charge in [-0.2, -0.15) is 0 Å². The number of rotatable bonds is 7. The predicted molar refractivity (Wildman–Crippen MR) is 65.9 cm³/mol. The second-order valence-electron chi connectivity index (χ2n) is 3.95. The molecule has 0 saturated heterocycles. The number of amides is 2. The summed E-state index contributed by atoms with van der Waals surface area (Å²) in [7, 11) is 0. The van der Waals surface area contributed by atoms with Crippen molar-refractivity contribution >= 4 is 17.8 Å². The van der Waals surface area contributed by atoms with Gasteiger partial charge in [-0.3, -0.25) is 14.6 Å². The minimum absolute atomic E-state index is 0.0968. The monoisotopic (exact) mass is 265 g/mol. The molecule has 4 N–H and O–H groups in total. The van der Waals surface area contributed by atoms with Crippen molar-refractivity contribution in [3.05, 3.63) is 30.1 Å². The minimum atomic E-state index is -1.29. The smallest absolute Gasteiger partial charge is 0.326 e. The number of pyridine rings is 1. The van der Waals surface area contributed by atoms with E-state index >= 15 is 0 Å². The normalized spacial score (nSPS) is 11.6. The number of carbonyl (C=O) groups excluding carboxylic acids is 2. The fraction of sp³-hybridized carbons (Fsp3) is 0.333. The van der Waals surface area contributed by atoms with E-state index in [0.717, 1.165) is 5.69 Å². The standard InChI is InChI=1S/C12H15N3O4/c13-10(16)7-9(12(18)19)15-11(17)5-4-8-3-1-2-6-14-8/h1-3,6,9H,4-5,7H2,(H2,13,16)(H,15,17)(H,18,19). The van der Waals surface area contributed by atoms with E-state index in [1.54, 1.807) is 24.4 Å². The van der Waals surface area contributed by atoms with Gasteiger partial charge in [-0.05, 0) is 18.6 Å². The Bertz CT molecular complexity index is 461. The van der Waals surface area contributed by atoms with E-state index < -0.39 is 30.2 Å². The van der Waals surface area contributed by atoms with E-state index in [2.05, 4.69) is 10.3 Å². The van der Waals surface area contributed by atoms with Crippen LogP contribution in [0.5, 0.6) is 0 Å². The summed E-state index contributed by atoms with van der Waals surface area (Å²) in [4.78, 5) is 37.1. The van der Waals surface area contributed by atoms with Gasteiger partial charge >= 0.3 is 5.97 Å². The van der Waals surface area contributed by atoms with Crippen LogP contribution >= 0.6 is 0 Å². The fourth-order valence-corrected chi connectivity index (χ4v) is 1.46. The van der Waals surface area contributed by atoms with Crippen LogP contribution in [0.25, 0.3) is 0 Å². The second-order valence-corrected chi connectivity index (χ2v) is 3.95. The van der Waals surface area contributed by atoms with Gasteiger partial charge in [0.15, 0.2) is 0 Å². The zero-order valence-corrected chi connectivity index (χ0v) is 10.2. The molecule has 1 heterocycles. The van der Waals surface area contributed by atoms with Crippen LogP contribution in [0.1, 0.15) is 18.5 Å². The van der Waals surface area contributed by atoms with Gasteiger partial charge in [0, 0.05) is 18.3 Å². The molecule has 0 bridgehead atoms. The molecule has 0 aliphatic heterocycles. The predicted octanol–water partition coefficient (Wildman–Crippen LogP) is -0.541. The van der Waals surface area contributed by atoms with Crippen molar-refractivity contribution in [2.75, 3.05) is 0 Å². The molecule has 1 rings (SSSR count). The van der Waals surface area contributed by atoms with Gasteiger partial charge in [-0.25, -0.2) is 4.79 Å². The van der Waals surface area contributed by atoms with Gasteiger partial charge in [0.05, 0.1) is 6.42 Å². The molecule has 1 aromatic rings. The molecule has 1 unspecified atom stereocenters. The number of aryl methyl sites for hydroxylation is 1. The number of nitrogens with one attached hydrogen (secondary N) is 1. The molecule has 1 aromatic heterocycles. The maximum Gasteiger partial charge on any atom is 0.326 e. The molecule has 1 atom stereocenters. The zero-order chi connectivity index (χ0) is 14.3. The fourth-order valence-electron chi connectivity index (χ4n) is 1.46. The molecule has 2 amide bonds. The quantitative estimate of drug-likeness (QED) is 0.611. The highest BCUT2D eigenvalue weighted by atomic mass is 16.4. The first-order valence-electron chi connectivity index (χ1n) is 5.69. The van der Waals surface area contributed by atoms with Gasteiger partial charge < -0.3 is 16.2 Å². The van der Waals surface area contributed by atoms with Gasteiger partial charge in [0.25, 0.3) is 0 Å². The number of carboxylic acids is 1. The average molecular weight is 265 g/mol. The highest BCUT2D eigenvalue weighted by molar-refractivity contribution is 5.88. The van der Waals surface area contributed by atoms with Crippen LogP contribution in [0.15, 0.2) is 24.4 Å². The Morgan fingerprint density at radius 2 is 2.11 bits per heavy atom. The SMILES string of the molecule is NC(=O)CC(NC(=O)CCc1ccccn1)C(=O)O. The Morgan fingerprint density at radius 3 is 2.63 bits per heavy atom. The first kappa shape index (κ1) is 14.6. The number of nitrogens with two attached hydrogens (primary N) is 1. The molecule has 0 aromatic carbocycles. The lowest BCUT2D eigenvalue weighted by Crippen LogP contribution is -2.43. The molecule has 102 valence electrons. The summed E-state index contributed by atoms with van der Waals surface area (Å²) in [6, 6.07) is 4.05. The number of carbonyl (C=O) groups is 3. The van der Waals surface area contributed by atoms with Crippen LogP contribution in [0.2, 0.25) is 0 Å². The summed E-state index contributed by atoms with van der Waals surface area (Å²) >= 11 is 0. The molecule has 7 nitrogen and oxygen atoms in total. The number of carboxylic acid groups (broad SMARTS) is 1. The van der Waals surface area contributed by atoms with Gasteiger partial charge in [-0.1, -0.05) is 6.07 Å². The Kier molecular flexibility index (Phi) is 5.46. The summed E-state index contributed by atoms with van der Waals surface area (Å²) in [5, 5.41) is 11.1. The van der Waals surface area contributed by atoms with Crippen molar-refractivity contribution in [1.82, 2.24) is 10.3 Å². The molecule has 19 heavy (non-hydrogen) atoms. The molecular formula is C12H15N3O4. The average Bonchev–Trinajstić information content (AvgIpc) is 2.36. The third-order valence-electron chi connectivity index (χ3n) is 2.37. The van der Waals surface area contributed by atoms with E-state index in [-0.39, 0.29) is 6.42 Å². The lowest BCUT2D eigenvalue weighted by atomic mass is 10.1. The third-order valence-corrected chi connectivity index (χ3v) is 2.37. The molecule has 0 aliphatic carbocycles. The Balaban J connectivity index is 2.45. The van der Waals surface area contributed by atoms with Crippen molar-refractivity contribution in [1.29, 1.82) is 0 Å². The minimum Gasteiger partial charge on any atom is -0.480 e. The number of nitrogens with zero attached hydrogens (tertiary/aromatic N) is 1. The van der Waals surface area contributed by atoms with Crippen LogP contribution in [-0.2, 0) is 20.8 Å². The van der Waals surface area contributed by atoms with Crippen LogP contribution < -0.4 is 11.1 Å². The molecule has 0 radical (unpaired) electrons. The number of hydrogen-bond donors (Lipinski definition) is 3. The first-order valence-corrected chi connectivity index (χ1v) is 5.69. The molecule has 0 spiro atoms. The van der Waals surface area contributed by atoms with Crippen molar-refractivity contribution in [3.63, 3.8) is 0 Å². The van der Waals surface area contributed by atoms with Crippen LogP contribution in [0.3, 0.4) is 0 Å². The maximum absolute atomic E-state index is 11.6. The van der Waals surface area contributed by atoms with E-state index in [4.69, 9.17) is 10.8 Å². The molecule has 7 heteroatoms. The molecular weight excluding hydrogens is 250 g/mol.